The van der Waals surface area contributed by atoms with E-state index in [1.807, 2.05) is 19.9 Å². The van der Waals surface area contributed by atoms with E-state index >= 15 is 0 Å². The Bertz CT molecular complexity index is 666. The Morgan fingerprint density at radius 2 is 1.90 bits per heavy atom. The Morgan fingerprint density at radius 1 is 1.24 bits per heavy atom. The van der Waals surface area contributed by atoms with Crippen molar-refractivity contribution in [1.29, 1.82) is 0 Å². The summed E-state index contributed by atoms with van der Waals surface area (Å²) in [4.78, 5) is 12.4. The quantitative estimate of drug-likeness (QED) is 0.930. The molecular formula is C16H21NO3S. The van der Waals surface area contributed by atoms with Crippen molar-refractivity contribution in [3.63, 3.8) is 0 Å². The van der Waals surface area contributed by atoms with Crippen LogP contribution in [-0.2, 0) is 14.8 Å². The van der Waals surface area contributed by atoms with Gasteiger partial charge in [-0.3, -0.25) is 9.52 Å². The summed E-state index contributed by atoms with van der Waals surface area (Å²) in [5.74, 6) is 0.358. The molecule has 1 N–H and O–H groups in total. The molecule has 0 heterocycles. The largest absolute Gasteiger partial charge is 0.299 e. The monoisotopic (exact) mass is 307 g/mol. The highest BCUT2D eigenvalue weighted by molar-refractivity contribution is 7.92. The highest BCUT2D eigenvalue weighted by Gasteiger charge is 2.65. The van der Waals surface area contributed by atoms with E-state index < -0.39 is 15.4 Å². The summed E-state index contributed by atoms with van der Waals surface area (Å²) in [6.07, 6.45) is 2.19. The van der Waals surface area contributed by atoms with Crippen molar-refractivity contribution in [3.05, 3.63) is 30.3 Å². The molecule has 0 spiro atoms. The van der Waals surface area contributed by atoms with Gasteiger partial charge in [0.2, 0.25) is 10.0 Å². The molecule has 2 atom stereocenters. The van der Waals surface area contributed by atoms with Gasteiger partial charge in [-0.25, -0.2) is 8.42 Å². The highest BCUT2D eigenvalue weighted by Crippen LogP contribution is 2.64. The molecule has 0 saturated heterocycles. The van der Waals surface area contributed by atoms with Crippen molar-refractivity contribution >= 4 is 21.5 Å². The number of anilines is 1. The first kappa shape index (κ1) is 14.6. The summed E-state index contributed by atoms with van der Waals surface area (Å²) in [5.41, 5.74) is -0.389. The summed E-state index contributed by atoms with van der Waals surface area (Å²) in [6.45, 7) is 4.10. The maximum absolute atomic E-state index is 12.5. The molecule has 2 aliphatic rings. The number of sulfonamides is 1. The molecule has 0 aromatic heterocycles. The van der Waals surface area contributed by atoms with Gasteiger partial charge in [-0.1, -0.05) is 32.0 Å². The molecule has 0 unspecified atom stereocenters. The number of carbonyl (C=O) groups excluding carboxylic acids is 1. The predicted octanol–water partition coefficient (Wildman–Crippen LogP) is 2.82. The molecule has 114 valence electrons. The van der Waals surface area contributed by atoms with Gasteiger partial charge < -0.3 is 0 Å². The molecular weight excluding hydrogens is 286 g/mol. The number of para-hydroxylation sites is 1. The Hall–Kier alpha value is -1.36. The highest BCUT2D eigenvalue weighted by atomic mass is 32.2. The Balaban J connectivity index is 1.87. The zero-order valence-electron chi connectivity index (χ0n) is 12.4. The average Bonchev–Trinajstić information content (AvgIpc) is 2.72. The van der Waals surface area contributed by atoms with Gasteiger partial charge in [0, 0.05) is 12.1 Å². The van der Waals surface area contributed by atoms with Crippen LogP contribution in [0, 0.1) is 16.7 Å². The molecule has 4 nitrogen and oxygen atoms in total. The third-order valence-electron chi connectivity index (χ3n) is 5.62. The Morgan fingerprint density at radius 3 is 2.43 bits per heavy atom. The van der Waals surface area contributed by atoms with Crippen molar-refractivity contribution in [2.75, 3.05) is 10.5 Å². The minimum absolute atomic E-state index is 0.1000. The number of ketones is 1. The Kier molecular flexibility index (Phi) is 3.17. The van der Waals surface area contributed by atoms with Crippen LogP contribution in [0.1, 0.15) is 33.1 Å². The first-order chi connectivity index (χ1) is 9.77. The van der Waals surface area contributed by atoms with Crippen LogP contribution >= 0.6 is 0 Å². The lowest BCUT2D eigenvalue weighted by molar-refractivity contribution is -0.128. The smallest absolute Gasteiger partial charge is 0.233 e. The van der Waals surface area contributed by atoms with E-state index in [2.05, 4.69) is 4.72 Å². The van der Waals surface area contributed by atoms with E-state index in [0.717, 1.165) is 6.42 Å². The molecule has 2 saturated carbocycles. The Labute approximate surface area is 126 Å². The lowest BCUT2D eigenvalue weighted by atomic mass is 9.70. The number of Topliss-reactive ketones (excluding diaryl/α,β-unsaturated/α-hetero) is 1. The van der Waals surface area contributed by atoms with E-state index in [4.69, 9.17) is 0 Å². The molecule has 1 aromatic carbocycles. The van der Waals surface area contributed by atoms with Crippen LogP contribution in [0.2, 0.25) is 0 Å². The van der Waals surface area contributed by atoms with Crippen LogP contribution in [0.15, 0.2) is 30.3 Å². The van der Waals surface area contributed by atoms with Crippen molar-refractivity contribution in [2.45, 2.75) is 33.1 Å². The van der Waals surface area contributed by atoms with Gasteiger partial charge in [0.05, 0.1) is 11.2 Å². The van der Waals surface area contributed by atoms with Crippen LogP contribution in [0.25, 0.3) is 0 Å². The van der Waals surface area contributed by atoms with E-state index in [-0.39, 0.29) is 17.0 Å². The fourth-order valence-corrected chi connectivity index (χ4v) is 6.05. The lowest BCUT2D eigenvalue weighted by Crippen LogP contribution is -2.43. The SMILES string of the molecule is CC1(C)[C@H]2CC[C@]1(CS(=O)(=O)Nc1ccccc1)C(=O)C2. The van der Waals surface area contributed by atoms with Gasteiger partial charge in [-0.15, -0.1) is 0 Å². The second kappa shape index (κ2) is 4.57. The van der Waals surface area contributed by atoms with E-state index in [1.54, 1.807) is 24.3 Å². The number of carbonyl (C=O) groups is 1. The molecule has 2 bridgehead atoms. The van der Waals surface area contributed by atoms with Crippen LogP contribution in [0.3, 0.4) is 0 Å². The summed E-state index contributed by atoms with van der Waals surface area (Å²) < 4.78 is 27.6. The maximum atomic E-state index is 12.5. The van der Waals surface area contributed by atoms with Crippen LogP contribution in [-0.4, -0.2) is 20.0 Å². The van der Waals surface area contributed by atoms with Crippen molar-refractivity contribution in [3.8, 4) is 0 Å². The molecule has 5 heteroatoms. The molecule has 2 fully saturated rings. The third-order valence-corrected chi connectivity index (χ3v) is 7.04. The van der Waals surface area contributed by atoms with Crippen LogP contribution in [0.4, 0.5) is 5.69 Å². The molecule has 2 aliphatic carbocycles. The zero-order chi connectivity index (χ0) is 15.3. The number of hydrogen-bond donors (Lipinski definition) is 1. The van der Waals surface area contributed by atoms with Gasteiger partial charge in [0.25, 0.3) is 0 Å². The second-order valence-electron chi connectivity index (χ2n) is 6.89. The molecule has 21 heavy (non-hydrogen) atoms. The van der Waals surface area contributed by atoms with E-state index in [1.165, 1.54) is 0 Å². The number of fused-ring (bicyclic) bond motifs is 2. The predicted molar refractivity (Wildman–Crippen MR) is 82.4 cm³/mol. The van der Waals surface area contributed by atoms with Crippen LogP contribution < -0.4 is 4.72 Å². The standard InChI is InChI=1S/C16H21NO3S/c1-15(2)12-8-9-16(15,14(18)10-12)11-21(19,20)17-13-6-4-3-5-7-13/h3-7,12,17H,8-11H2,1-2H3/t12-,16-/m0/s1. The van der Waals surface area contributed by atoms with Gasteiger partial charge >= 0.3 is 0 Å². The first-order valence-corrected chi connectivity index (χ1v) is 9.01. The van der Waals surface area contributed by atoms with Gasteiger partial charge in [0.1, 0.15) is 5.78 Å². The van der Waals surface area contributed by atoms with E-state index in [0.29, 0.717) is 24.4 Å². The fraction of sp³-hybridized carbons (Fsp3) is 0.562. The third kappa shape index (κ3) is 2.18. The van der Waals surface area contributed by atoms with Crippen LogP contribution in [0.5, 0.6) is 0 Å². The lowest BCUT2D eigenvalue weighted by Gasteiger charge is -2.36. The van der Waals surface area contributed by atoms with Crippen molar-refractivity contribution < 1.29 is 13.2 Å². The molecule has 0 amide bonds. The molecule has 0 radical (unpaired) electrons. The first-order valence-electron chi connectivity index (χ1n) is 7.36. The molecule has 1 aromatic rings. The van der Waals surface area contributed by atoms with Gasteiger partial charge in [-0.2, -0.15) is 0 Å². The van der Waals surface area contributed by atoms with Gasteiger partial charge in [-0.05, 0) is 36.3 Å². The fourth-order valence-electron chi connectivity index (χ4n) is 4.15. The van der Waals surface area contributed by atoms with E-state index in [9.17, 15) is 13.2 Å². The summed E-state index contributed by atoms with van der Waals surface area (Å²) in [5, 5.41) is 0. The number of hydrogen-bond acceptors (Lipinski definition) is 3. The minimum atomic E-state index is -3.54. The zero-order valence-corrected chi connectivity index (χ0v) is 13.2. The average molecular weight is 307 g/mol. The number of nitrogens with one attached hydrogen (secondary N) is 1. The van der Waals surface area contributed by atoms with Crippen molar-refractivity contribution in [2.24, 2.45) is 16.7 Å². The summed E-state index contributed by atoms with van der Waals surface area (Å²) in [6, 6.07) is 8.84. The maximum Gasteiger partial charge on any atom is 0.233 e. The molecule has 0 aliphatic heterocycles. The van der Waals surface area contributed by atoms with Crippen molar-refractivity contribution in [1.82, 2.24) is 0 Å². The number of benzene rings is 1. The summed E-state index contributed by atoms with van der Waals surface area (Å²) >= 11 is 0. The second-order valence-corrected chi connectivity index (χ2v) is 8.62. The number of rotatable bonds is 4. The minimum Gasteiger partial charge on any atom is -0.299 e. The topological polar surface area (TPSA) is 63.2 Å². The normalized spacial score (nSPS) is 30.6. The van der Waals surface area contributed by atoms with Gasteiger partial charge in [0.15, 0.2) is 0 Å². The summed E-state index contributed by atoms with van der Waals surface area (Å²) in [7, 11) is -3.54. The molecule has 3 rings (SSSR count).